The quantitative estimate of drug-likeness (QED) is 0.303. The fraction of sp³-hybridized carbons (Fsp3) is 0.800. The molecule has 0 fully saturated rings. The second-order valence-corrected chi connectivity index (χ2v) is 1.95. The zero-order chi connectivity index (χ0) is 6.57. The summed E-state index contributed by atoms with van der Waals surface area (Å²) in [5.41, 5.74) is 0. The molecule has 0 rings (SSSR count). The summed E-state index contributed by atoms with van der Waals surface area (Å²) in [6.07, 6.45) is -1.45. The van der Waals surface area contributed by atoms with E-state index in [-0.39, 0.29) is 42.1 Å². The Bertz CT molecular complexity index is 82.3. The van der Waals surface area contributed by atoms with Gasteiger partial charge in [0.25, 0.3) is 6.16 Å². The molecule has 0 N–H and O–H groups in total. The number of hydrogen-bond donors (Lipinski definition) is 0. The van der Waals surface area contributed by atoms with Crippen molar-refractivity contribution in [2.45, 2.75) is 13.8 Å². The van der Waals surface area contributed by atoms with Crippen molar-refractivity contribution < 1.29 is 44.2 Å². The van der Waals surface area contributed by atoms with Gasteiger partial charge in [-0.25, -0.2) is 0 Å². The SMILES string of the molecule is CC(C)COC(=O)[O-].[Na+]. The van der Waals surface area contributed by atoms with Gasteiger partial charge in [0.15, 0.2) is 0 Å². The molecular weight excluding hydrogens is 131 g/mol. The van der Waals surface area contributed by atoms with Crippen LogP contribution in [0.5, 0.6) is 0 Å². The van der Waals surface area contributed by atoms with E-state index in [4.69, 9.17) is 0 Å². The largest absolute Gasteiger partial charge is 1.00 e. The number of carbonyl (C=O) groups excluding carboxylic acids is 1. The molecule has 0 radical (unpaired) electrons. The Morgan fingerprint density at radius 1 is 1.67 bits per heavy atom. The molecule has 0 aromatic carbocycles. The summed E-state index contributed by atoms with van der Waals surface area (Å²) in [6.45, 7) is 3.95. The van der Waals surface area contributed by atoms with Crippen molar-refractivity contribution in [3.05, 3.63) is 0 Å². The van der Waals surface area contributed by atoms with Gasteiger partial charge in [-0.15, -0.1) is 0 Å². The van der Waals surface area contributed by atoms with E-state index in [1.165, 1.54) is 0 Å². The molecule has 0 saturated carbocycles. The molecule has 9 heavy (non-hydrogen) atoms. The average molecular weight is 140 g/mol. The Morgan fingerprint density at radius 3 is 2.22 bits per heavy atom. The van der Waals surface area contributed by atoms with Crippen molar-refractivity contribution in [3.63, 3.8) is 0 Å². The smallest absolute Gasteiger partial charge is 0.549 e. The molecule has 0 aliphatic rings. The Balaban J connectivity index is 0. The van der Waals surface area contributed by atoms with Gasteiger partial charge in [0, 0.05) is 6.61 Å². The van der Waals surface area contributed by atoms with Crippen LogP contribution in [0.2, 0.25) is 0 Å². The van der Waals surface area contributed by atoms with Crippen molar-refractivity contribution in [3.8, 4) is 0 Å². The van der Waals surface area contributed by atoms with Crippen LogP contribution in [0.25, 0.3) is 0 Å². The molecule has 0 atom stereocenters. The summed E-state index contributed by atoms with van der Waals surface area (Å²) in [6, 6.07) is 0. The van der Waals surface area contributed by atoms with E-state index < -0.39 is 6.16 Å². The number of carbonyl (C=O) groups is 1. The predicted molar refractivity (Wildman–Crippen MR) is 26.2 cm³/mol. The van der Waals surface area contributed by atoms with Gasteiger partial charge in [-0.05, 0) is 5.92 Å². The molecule has 0 aliphatic heterocycles. The van der Waals surface area contributed by atoms with Crippen LogP contribution in [-0.2, 0) is 4.74 Å². The Labute approximate surface area is 76.7 Å². The third-order valence-electron chi connectivity index (χ3n) is 0.535. The molecule has 3 nitrogen and oxygen atoms in total. The van der Waals surface area contributed by atoms with E-state index in [2.05, 4.69) is 4.74 Å². The minimum atomic E-state index is -1.45. The number of hydrogen-bond acceptors (Lipinski definition) is 3. The molecule has 0 saturated heterocycles. The van der Waals surface area contributed by atoms with Crippen LogP contribution >= 0.6 is 0 Å². The molecule has 0 aromatic heterocycles. The Hall–Kier alpha value is 0.270. The van der Waals surface area contributed by atoms with Crippen molar-refractivity contribution in [2.75, 3.05) is 6.61 Å². The molecule has 4 heteroatoms. The van der Waals surface area contributed by atoms with Crippen molar-refractivity contribution >= 4 is 6.16 Å². The molecule has 0 aromatic rings. The van der Waals surface area contributed by atoms with Crippen molar-refractivity contribution in [1.29, 1.82) is 0 Å². The summed E-state index contributed by atoms with van der Waals surface area (Å²) in [5, 5.41) is 9.57. The van der Waals surface area contributed by atoms with Gasteiger partial charge in [-0.2, -0.15) is 0 Å². The fourth-order valence-electron chi connectivity index (χ4n) is 0.235. The molecule has 0 unspecified atom stereocenters. The van der Waals surface area contributed by atoms with E-state index in [1.807, 2.05) is 13.8 Å². The summed E-state index contributed by atoms with van der Waals surface area (Å²) in [4.78, 5) is 9.57. The van der Waals surface area contributed by atoms with Crippen LogP contribution in [-0.4, -0.2) is 12.8 Å². The molecule has 0 aliphatic carbocycles. The number of rotatable bonds is 2. The van der Waals surface area contributed by atoms with Crippen LogP contribution in [0.3, 0.4) is 0 Å². The molecule has 0 bridgehead atoms. The maximum atomic E-state index is 9.57. The minimum absolute atomic E-state index is 0. The topological polar surface area (TPSA) is 49.4 Å². The minimum Gasteiger partial charge on any atom is -0.549 e. The summed E-state index contributed by atoms with van der Waals surface area (Å²) < 4.78 is 4.11. The van der Waals surface area contributed by atoms with Crippen LogP contribution in [0.1, 0.15) is 13.8 Å². The molecule has 0 heterocycles. The maximum Gasteiger partial charge on any atom is 1.00 e. The van der Waals surface area contributed by atoms with Crippen LogP contribution in [0, 0.1) is 5.92 Å². The Morgan fingerprint density at radius 2 is 2.11 bits per heavy atom. The predicted octanol–water partition coefficient (Wildman–Crippen LogP) is -2.99. The number of carboxylic acid groups (broad SMARTS) is 1. The van der Waals surface area contributed by atoms with Gasteiger partial charge in [0.2, 0.25) is 0 Å². The van der Waals surface area contributed by atoms with E-state index in [0.717, 1.165) is 0 Å². The first-order chi connectivity index (χ1) is 3.63. The summed E-state index contributed by atoms with van der Waals surface area (Å²) in [7, 11) is 0. The van der Waals surface area contributed by atoms with Crippen molar-refractivity contribution in [2.24, 2.45) is 5.92 Å². The Kier molecular flexibility index (Phi) is 8.52. The standard InChI is InChI=1S/C5H10O3.Na/c1-4(2)3-8-5(6)7;/h4H,3H2,1-2H3,(H,6,7);/q;+1/p-1. The molecular formula is C5H9NaO3. The average Bonchev–Trinajstić information content (AvgIpc) is 1.61. The van der Waals surface area contributed by atoms with Crippen LogP contribution < -0.4 is 34.7 Å². The second kappa shape index (κ2) is 6.39. The third-order valence-corrected chi connectivity index (χ3v) is 0.535. The first-order valence-corrected chi connectivity index (χ1v) is 2.46. The van der Waals surface area contributed by atoms with Gasteiger partial charge in [0.1, 0.15) is 0 Å². The second-order valence-electron chi connectivity index (χ2n) is 1.95. The van der Waals surface area contributed by atoms with Crippen LogP contribution in [0.4, 0.5) is 4.79 Å². The molecule has 48 valence electrons. The molecule has 0 spiro atoms. The van der Waals surface area contributed by atoms with Gasteiger partial charge in [0.05, 0.1) is 0 Å². The zero-order valence-corrected chi connectivity index (χ0v) is 8.01. The summed E-state index contributed by atoms with van der Waals surface area (Å²) in [5.74, 6) is 0.243. The normalized spacial score (nSPS) is 8.33. The maximum absolute atomic E-state index is 9.57. The van der Waals surface area contributed by atoms with Gasteiger partial charge < -0.3 is 14.6 Å². The van der Waals surface area contributed by atoms with E-state index in [1.54, 1.807) is 0 Å². The van der Waals surface area contributed by atoms with Gasteiger partial charge in [-0.3, -0.25) is 0 Å². The monoisotopic (exact) mass is 140 g/mol. The fourth-order valence-corrected chi connectivity index (χ4v) is 0.235. The van der Waals surface area contributed by atoms with Crippen molar-refractivity contribution in [1.82, 2.24) is 0 Å². The first kappa shape index (κ1) is 12.0. The van der Waals surface area contributed by atoms with E-state index in [9.17, 15) is 9.90 Å². The zero-order valence-electron chi connectivity index (χ0n) is 6.01. The van der Waals surface area contributed by atoms with Gasteiger partial charge >= 0.3 is 29.6 Å². The van der Waals surface area contributed by atoms with Gasteiger partial charge in [-0.1, -0.05) is 13.8 Å². The van der Waals surface area contributed by atoms with E-state index >= 15 is 0 Å². The van der Waals surface area contributed by atoms with E-state index in [0.29, 0.717) is 0 Å². The summed E-state index contributed by atoms with van der Waals surface area (Å²) >= 11 is 0. The van der Waals surface area contributed by atoms with Crippen LogP contribution in [0.15, 0.2) is 0 Å². The molecule has 0 amide bonds. The third kappa shape index (κ3) is 11.7. The number of ether oxygens (including phenoxy) is 1. The first-order valence-electron chi connectivity index (χ1n) is 2.46.